The summed E-state index contributed by atoms with van der Waals surface area (Å²) in [5, 5.41) is 0.808. The molecule has 0 radical (unpaired) electrons. The fourth-order valence-electron chi connectivity index (χ4n) is 4.09. The van der Waals surface area contributed by atoms with Crippen LogP contribution in [0.1, 0.15) is 61.3 Å². The highest BCUT2D eigenvalue weighted by molar-refractivity contribution is 6.31. The van der Waals surface area contributed by atoms with E-state index in [1.165, 1.54) is 0 Å². The highest BCUT2D eigenvalue weighted by Crippen LogP contribution is 2.39. The number of nitrogens with zero attached hydrogens (tertiary/aromatic N) is 1. The highest BCUT2D eigenvalue weighted by Gasteiger charge is 2.42. The van der Waals surface area contributed by atoms with Crippen molar-refractivity contribution >= 4 is 28.5 Å². The summed E-state index contributed by atoms with van der Waals surface area (Å²) >= 11 is 6.14. The zero-order valence-electron chi connectivity index (χ0n) is 19.1. The normalized spacial score (nSPS) is 15.5. The molecule has 1 unspecified atom stereocenters. The Hall–Kier alpha value is -2.83. The molecule has 1 aliphatic rings. The van der Waals surface area contributed by atoms with Crippen LogP contribution in [0.25, 0.3) is 11.0 Å². The second-order valence-corrected chi connectivity index (χ2v) is 8.84. The van der Waals surface area contributed by atoms with Crippen LogP contribution >= 0.6 is 11.6 Å². The number of halogens is 1. The first-order valence-electron chi connectivity index (χ1n) is 11.3. The van der Waals surface area contributed by atoms with E-state index in [0.29, 0.717) is 47.7 Å². The Labute approximate surface area is 198 Å². The molecule has 1 aliphatic heterocycles. The van der Waals surface area contributed by atoms with Crippen LogP contribution in [0.4, 0.5) is 0 Å². The second-order valence-electron chi connectivity index (χ2n) is 8.41. The molecule has 0 fully saturated rings. The number of hydrogen-bond acceptors (Lipinski definition) is 5. The topological polar surface area (TPSA) is 69.0 Å². The molecule has 7 heteroatoms. The van der Waals surface area contributed by atoms with Gasteiger partial charge in [-0.2, -0.15) is 0 Å². The summed E-state index contributed by atoms with van der Waals surface area (Å²) in [4.78, 5) is 28.6. The minimum Gasteiger partial charge on any atom is -0.494 e. The zero-order valence-corrected chi connectivity index (χ0v) is 19.9. The predicted molar refractivity (Wildman–Crippen MR) is 128 cm³/mol. The van der Waals surface area contributed by atoms with Crippen LogP contribution in [0, 0.1) is 0 Å². The summed E-state index contributed by atoms with van der Waals surface area (Å²) in [5.74, 6) is 0.551. The average molecular weight is 470 g/mol. The number of rotatable bonds is 9. The summed E-state index contributed by atoms with van der Waals surface area (Å²) in [6.45, 7) is 7.58. The first-order chi connectivity index (χ1) is 15.9. The fraction of sp³-hybridized carbons (Fsp3) is 0.385. The summed E-state index contributed by atoms with van der Waals surface area (Å²) in [6, 6.07) is 11.8. The molecule has 0 spiro atoms. The summed E-state index contributed by atoms with van der Waals surface area (Å²) < 4.78 is 17.3. The van der Waals surface area contributed by atoms with Gasteiger partial charge in [0.2, 0.25) is 5.76 Å². The number of amides is 1. The molecule has 4 rings (SSSR count). The Kier molecular flexibility index (Phi) is 7.05. The number of benzene rings is 2. The molecule has 1 atom stereocenters. The van der Waals surface area contributed by atoms with Crippen molar-refractivity contribution in [3.8, 4) is 5.75 Å². The lowest BCUT2D eigenvalue weighted by molar-refractivity contribution is 0.0593. The van der Waals surface area contributed by atoms with E-state index < -0.39 is 6.04 Å². The van der Waals surface area contributed by atoms with E-state index in [9.17, 15) is 9.59 Å². The minimum absolute atomic E-state index is 0.0934. The van der Waals surface area contributed by atoms with E-state index in [1.807, 2.05) is 45.0 Å². The van der Waals surface area contributed by atoms with Crippen LogP contribution in [-0.4, -0.2) is 36.7 Å². The van der Waals surface area contributed by atoms with Crippen LogP contribution in [0.2, 0.25) is 5.02 Å². The van der Waals surface area contributed by atoms with Crippen molar-refractivity contribution in [3.63, 3.8) is 0 Å². The van der Waals surface area contributed by atoms with Crippen molar-refractivity contribution in [2.24, 2.45) is 0 Å². The van der Waals surface area contributed by atoms with E-state index in [2.05, 4.69) is 0 Å². The van der Waals surface area contributed by atoms with Gasteiger partial charge in [-0.05, 0) is 62.6 Å². The van der Waals surface area contributed by atoms with E-state index in [1.54, 1.807) is 23.1 Å². The van der Waals surface area contributed by atoms with Crippen molar-refractivity contribution < 1.29 is 18.7 Å². The molecule has 2 heterocycles. The Bertz CT molecular complexity index is 1200. The Morgan fingerprint density at radius 3 is 2.55 bits per heavy atom. The van der Waals surface area contributed by atoms with Gasteiger partial charge in [0.05, 0.1) is 29.7 Å². The van der Waals surface area contributed by atoms with Crippen molar-refractivity contribution in [3.05, 3.63) is 74.6 Å². The maximum absolute atomic E-state index is 13.5. The lowest BCUT2D eigenvalue weighted by Crippen LogP contribution is -2.31. The molecule has 0 N–H and O–H groups in total. The molecule has 3 aromatic rings. The number of ether oxygens (including phenoxy) is 2. The number of fused-ring (bicyclic) bond motifs is 2. The number of carbonyl (C=O) groups is 1. The average Bonchev–Trinajstić information content (AvgIpc) is 3.08. The quantitative estimate of drug-likeness (QED) is 0.382. The number of hydrogen-bond donors (Lipinski definition) is 0. The molecule has 1 aromatic heterocycles. The SMILES string of the molecule is CCCOc1ccc(C2c3c(oc4ccc(Cl)cc4c3=O)C(=O)N2CCCOC(C)C)cc1. The van der Waals surface area contributed by atoms with Crippen LogP contribution in [0.3, 0.4) is 0 Å². The van der Waals surface area contributed by atoms with Gasteiger partial charge in [-0.15, -0.1) is 0 Å². The molecule has 0 saturated heterocycles. The molecule has 0 bridgehead atoms. The Balaban J connectivity index is 1.76. The van der Waals surface area contributed by atoms with Gasteiger partial charge in [0, 0.05) is 18.2 Å². The molecule has 33 heavy (non-hydrogen) atoms. The standard InChI is InChI=1S/C26H28ClNO5/c1-4-13-32-19-9-6-17(7-10-19)23-22-24(29)20-15-18(27)8-11-21(20)33-25(22)26(30)28(23)12-5-14-31-16(2)3/h6-11,15-16,23H,4-5,12-14H2,1-3H3. The number of carbonyl (C=O) groups excluding carboxylic acids is 1. The van der Waals surface area contributed by atoms with Crippen molar-refractivity contribution in [1.29, 1.82) is 0 Å². The van der Waals surface area contributed by atoms with Crippen molar-refractivity contribution in [2.45, 2.75) is 45.8 Å². The molecule has 0 saturated carbocycles. The zero-order chi connectivity index (χ0) is 23.5. The van der Waals surface area contributed by atoms with Gasteiger partial charge in [-0.1, -0.05) is 30.7 Å². The van der Waals surface area contributed by atoms with Gasteiger partial charge in [0.15, 0.2) is 5.43 Å². The second kappa shape index (κ2) is 9.98. The predicted octanol–water partition coefficient (Wildman–Crippen LogP) is 5.60. The lowest BCUT2D eigenvalue weighted by Gasteiger charge is -2.25. The maximum Gasteiger partial charge on any atom is 0.290 e. The van der Waals surface area contributed by atoms with Crippen molar-refractivity contribution in [1.82, 2.24) is 4.90 Å². The third kappa shape index (κ3) is 4.77. The summed E-state index contributed by atoms with van der Waals surface area (Å²) in [7, 11) is 0. The molecular weight excluding hydrogens is 442 g/mol. The summed E-state index contributed by atoms with van der Waals surface area (Å²) in [5.41, 5.74) is 1.29. The monoisotopic (exact) mass is 469 g/mol. The smallest absolute Gasteiger partial charge is 0.290 e. The van der Waals surface area contributed by atoms with Gasteiger partial charge >= 0.3 is 0 Å². The van der Waals surface area contributed by atoms with Crippen LogP contribution < -0.4 is 10.2 Å². The fourth-order valence-corrected chi connectivity index (χ4v) is 4.26. The molecule has 174 valence electrons. The van der Waals surface area contributed by atoms with Crippen LogP contribution in [0.15, 0.2) is 51.7 Å². The van der Waals surface area contributed by atoms with Gasteiger partial charge in [0.25, 0.3) is 5.91 Å². The lowest BCUT2D eigenvalue weighted by atomic mass is 9.98. The van der Waals surface area contributed by atoms with Crippen LogP contribution in [-0.2, 0) is 4.74 Å². The van der Waals surface area contributed by atoms with E-state index in [4.69, 9.17) is 25.5 Å². The molecule has 2 aromatic carbocycles. The molecular formula is C26H28ClNO5. The Morgan fingerprint density at radius 2 is 1.85 bits per heavy atom. The third-order valence-corrected chi connectivity index (χ3v) is 5.83. The summed E-state index contributed by atoms with van der Waals surface area (Å²) in [6.07, 6.45) is 1.67. The first-order valence-corrected chi connectivity index (χ1v) is 11.7. The van der Waals surface area contributed by atoms with Gasteiger partial charge in [-0.3, -0.25) is 9.59 Å². The first kappa shape index (κ1) is 23.3. The minimum atomic E-state index is -0.550. The largest absolute Gasteiger partial charge is 0.494 e. The van der Waals surface area contributed by atoms with Gasteiger partial charge in [-0.25, -0.2) is 0 Å². The van der Waals surface area contributed by atoms with E-state index in [-0.39, 0.29) is 23.2 Å². The van der Waals surface area contributed by atoms with Crippen LogP contribution in [0.5, 0.6) is 5.75 Å². The van der Waals surface area contributed by atoms with E-state index in [0.717, 1.165) is 17.7 Å². The van der Waals surface area contributed by atoms with E-state index >= 15 is 0 Å². The molecule has 0 aliphatic carbocycles. The van der Waals surface area contributed by atoms with Gasteiger partial charge in [0.1, 0.15) is 11.3 Å². The maximum atomic E-state index is 13.5. The molecule has 1 amide bonds. The highest BCUT2D eigenvalue weighted by atomic mass is 35.5. The van der Waals surface area contributed by atoms with Crippen molar-refractivity contribution in [2.75, 3.05) is 19.8 Å². The third-order valence-electron chi connectivity index (χ3n) is 5.59. The molecule has 6 nitrogen and oxygen atoms in total. The Morgan fingerprint density at radius 1 is 1.09 bits per heavy atom. The van der Waals surface area contributed by atoms with Gasteiger partial charge < -0.3 is 18.8 Å².